The molecule has 25 heavy (non-hydrogen) atoms. The molecule has 0 saturated heterocycles. The van der Waals surface area contributed by atoms with Gasteiger partial charge >= 0.3 is 6.09 Å². The number of hydrogen-bond donors (Lipinski definition) is 2. The van der Waals surface area contributed by atoms with Crippen molar-refractivity contribution in [1.29, 1.82) is 0 Å². The molecule has 1 heterocycles. The molecule has 2 aromatic rings. The van der Waals surface area contributed by atoms with Crippen molar-refractivity contribution < 1.29 is 14.3 Å². The second-order valence-electron chi connectivity index (χ2n) is 7.86. The number of hydrogen-bond acceptors (Lipinski definition) is 3. The summed E-state index contributed by atoms with van der Waals surface area (Å²) in [4.78, 5) is 24.5. The largest absolute Gasteiger partial charge is 0.444 e. The van der Waals surface area contributed by atoms with Crippen LogP contribution >= 0.6 is 0 Å². The lowest BCUT2D eigenvalue weighted by Crippen LogP contribution is -2.52. The van der Waals surface area contributed by atoms with Crippen LogP contribution in [-0.4, -0.2) is 34.3 Å². The molecule has 0 radical (unpaired) electrons. The molecule has 0 atom stereocenters. The van der Waals surface area contributed by atoms with Crippen molar-refractivity contribution in [3.8, 4) is 0 Å². The van der Waals surface area contributed by atoms with Crippen molar-refractivity contribution in [3.05, 3.63) is 36.0 Å². The van der Waals surface area contributed by atoms with Gasteiger partial charge in [0, 0.05) is 36.3 Å². The number of fused-ring (bicyclic) bond motifs is 1. The Labute approximate surface area is 148 Å². The van der Waals surface area contributed by atoms with Crippen LogP contribution in [0, 0.1) is 0 Å². The van der Waals surface area contributed by atoms with Gasteiger partial charge in [-0.2, -0.15) is 0 Å². The molecule has 0 spiro atoms. The summed E-state index contributed by atoms with van der Waals surface area (Å²) in [5, 5.41) is 6.57. The Bertz CT molecular complexity index is 785. The van der Waals surface area contributed by atoms with Crippen LogP contribution in [0.1, 0.15) is 45.0 Å². The topological polar surface area (TPSA) is 72.4 Å². The highest BCUT2D eigenvalue weighted by Gasteiger charge is 2.24. The predicted octanol–water partition coefficient (Wildman–Crippen LogP) is 3.21. The molecule has 0 aliphatic heterocycles. The van der Waals surface area contributed by atoms with E-state index in [2.05, 4.69) is 10.6 Å². The lowest BCUT2D eigenvalue weighted by Gasteiger charge is -2.28. The van der Waals surface area contributed by atoms with E-state index < -0.39 is 17.2 Å². The zero-order valence-electron chi connectivity index (χ0n) is 15.8. The normalized spacial score (nSPS) is 12.1. The minimum absolute atomic E-state index is 0.173. The number of amides is 2. The third kappa shape index (κ3) is 4.98. The van der Waals surface area contributed by atoms with Gasteiger partial charge < -0.3 is 19.9 Å². The van der Waals surface area contributed by atoms with E-state index >= 15 is 0 Å². The summed E-state index contributed by atoms with van der Waals surface area (Å²) in [5.74, 6) is -0.173. The molecule has 6 heteroatoms. The quantitative estimate of drug-likeness (QED) is 0.894. The summed E-state index contributed by atoms with van der Waals surface area (Å²) in [6, 6.07) is 7.57. The second-order valence-corrected chi connectivity index (χ2v) is 7.86. The number of nitrogens with zero attached hydrogens (tertiary/aromatic N) is 1. The number of aromatic nitrogens is 1. The lowest BCUT2D eigenvalue weighted by molar-refractivity contribution is 0.0509. The molecule has 0 aliphatic carbocycles. The summed E-state index contributed by atoms with van der Waals surface area (Å²) < 4.78 is 7.19. The lowest BCUT2D eigenvalue weighted by atomic mass is 10.0. The van der Waals surface area contributed by atoms with Crippen molar-refractivity contribution in [1.82, 2.24) is 15.2 Å². The Hall–Kier alpha value is -2.50. The van der Waals surface area contributed by atoms with E-state index in [1.54, 1.807) is 26.8 Å². The molecule has 0 saturated carbocycles. The van der Waals surface area contributed by atoms with E-state index in [0.717, 1.165) is 10.9 Å². The van der Waals surface area contributed by atoms with Gasteiger partial charge in [-0.15, -0.1) is 0 Å². The highest BCUT2D eigenvalue weighted by molar-refractivity contribution is 6.06. The van der Waals surface area contributed by atoms with Gasteiger partial charge in [0.25, 0.3) is 5.91 Å². The van der Waals surface area contributed by atoms with Gasteiger partial charge in [-0.05, 0) is 52.8 Å². The first-order valence-electron chi connectivity index (χ1n) is 8.32. The van der Waals surface area contributed by atoms with E-state index in [9.17, 15) is 9.59 Å². The number of rotatable bonds is 4. The van der Waals surface area contributed by atoms with E-state index in [1.807, 2.05) is 49.9 Å². The zero-order valence-corrected chi connectivity index (χ0v) is 15.8. The maximum absolute atomic E-state index is 12.7. The van der Waals surface area contributed by atoms with Crippen molar-refractivity contribution >= 4 is 22.9 Å². The maximum Gasteiger partial charge on any atom is 0.407 e. The molecule has 0 bridgehead atoms. The fraction of sp³-hybridized carbons (Fsp3) is 0.474. The maximum atomic E-state index is 12.7. The number of nitrogens with one attached hydrogen (secondary N) is 2. The second kappa shape index (κ2) is 6.78. The average Bonchev–Trinajstić information content (AvgIpc) is 2.85. The van der Waals surface area contributed by atoms with Crippen LogP contribution in [-0.2, 0) is 11.8 Å². The molecule has 1 aromatic heterocycles. The van der Waals surface area contributed by atoms with Crippen molar-refractivity contribution in [3.63, 3.8) is 0 Å². The minimum Gasteiger partial charge on any atom is -0.444 e. The number of carbonyl (C=O) groups is 2. The van der Waals surface area contributed by atoms with E-state index in [0.29, 0.717) is 5.56 Å². The predicted molar refractivity (Wildman–Crippen MR) is 98.7 cm³/mol. The van der Waals surface area contributed by atoms with Crippen molar-refractivity contribution in [2.24, 2.45) is 7.05 Å². The molecule has 2 rings (SSSR count). The Balaban J connectivity index is 2.04. The van der Waals surface area contributed by atoms with Gasteiger partial charge in [0.05, 0.1) is 5.54 Å². The average molecular weight is 345 g/mol. The highest BCUT2D eigenvalue weighted by Crippen LogP contribution is 2.20. The van der Waals surface area contributed by atoms with Crippen LogP contribution in [0.25, 0.3) is 10.9 Å². The van der Waals surface area contributed by atoms with Gasteiger partial charge in [0.2, 0.25) is 0 Å². The Morgan fingerprint density at radius 2 is 1.80 bits per heavy atom. The van der Waals surface area contributed by atoms with Crippen LogP contribution in [0.4, 0.5) is 4.79 Å². The van der Waals surface area contributed by atoms with E-state index in [1.165, 1.54) is 0 Å². The Morgan fingerprint density at radius 1 is 1.12 bits per heavy atom. The molecular weight excluding hydrogens is 318 g/mol. The molecule has 2 amide bonds. The minimum atomic E-state index is -0.620. The molecule has 0 fully saturated rings. The number of benzene rings is 1. The summed E-state index contributed by atoms with van der Waals surface area (Å²) >= 11 is 0. The van der Waals surface area contributed by atoms with E-state index in [4.69, 9.17) is 4.74 Å². The van der Waals surface area contributed by atoms with Crippen LogP contribution < -0.4 is 10.6 Å². The van der Waals surface area contributed by atoms with Crippen molar-refractivity contribution in [2.75, 3.05) is 6.54 Å². The third-order valence-corrected chi connectivity index (χ3v) is 3.70. The molecule has 0 unspecified atom stereocenters. The van der Waals surface area contributed by atoms with Crippen LogP contribution in [0.2, 0.25) is 0 Å². The molecule has 0 aliphatic rings. The van der Waals surface area contributed by atoms with Crippen LogP contribution in [0.15, 0.2) is 30.5 Å². The van der Waals surface area contributed by atoms with Gasteiger partial charge in [-0.3, -0.25) is 4.79 Å². The molecule has 136 valence electrons. The van der Waals surface area contributed by atoms with E-state index in [-0.39, 0.29) is 12.5 Å². The zero-order chi connectivity index (χ0) is 18.8. The Kier molecular flexibility index (Phi) is 5.11. The Morgan fingerprint density at radius 3 is 2.44 bits per heavy atom. The van der Waals surface area contributed by atoms with Crippen molar-refractivity contribution in [2.45, 2.75) is 45.8 Å². The molecule has 6 nitrogen and oxygen atoms in total. The third-order valence-electron chi connectivity index (χ3n) is 3.70. The number of carbonyl (C=O) groups excluding carboxylic acids is 2. The summed E-state index contributed by atoms with van der Waals surface area (Å²) in [6.07, 6.45) is 1.43. The molecular formula is C19H27N3O3. The first-order valence-corrected chi connectivity index (χ1v) is 8.32. The summed E-state index contributed by atoms with van der Waals surface area (Å²) in [6.45, 7) is 9.39. The fourth-order valence-corrected chi connectivity index (χ4v) is 2.53. The van der Waals surface area contributed by atoms with Crippen LogP contribution in [0.3, 0.4) is 0 Å². The summed E-state index contributed by atoms with van der Waals surface area (Å²) in [7, 11) is 1.94. The molecule has 2 N–H and O–H groups in total. The smallest absolute Gasteiger partial charge is 0.407 e. The van der Waals surface area contributed by atoms with Gasteiger partial charge in [-0.1, -0.05) is 6.07 Å². The SMILES string of the molecule is Cn1ccc2c(C(=O)NC(C)(C)CNC(=O)OC(C)(C)C)cccc21. The van der Waals surface area contributed by atoms with Crippen LogP contribution in [0.5, 0.6) is 0 Å². The van der Waals surface area contributed by atoms with Gasteiger partial charge in [-0.25, -0.2) is 4.79 Å². The summed E-state index contributed by atoms with van der Waals surface area (Å²) in [5.41, 5.74) is 0.437. The molecule has 1 aromatic carbocycles. The fourth-order valence-electron chi connectivity index (χ4n) is 2.53. The first kappa shape index (κ1) is 18.8. The first-order chi connectivity index (χ1) is 11.5. The number of alkyl carbamates (subject to hydrolysis) is 1. The standard InChI is InChI=1S/C19H27N3O3/c1-18(2,3)25-17(24)20-12-19(4,5)21-16(23)14-8-7-9-15-13(14)10-11-22(15)6/h7-11H,12H2,1-6H3,(H,20,24)(H,21,23). The monoisotopic (exact) mass is 345 g/mol. The van der Waals surface area contributed by atoms with Gasteiger partial charge in [0.15, 0.2) is 0 Å². The number of aryl methyl sites for hydroxylation is 1. The highest BCUT2D eigenvalue weighted by atomic mass is 16.6. The number of ether oxygens (including phenoxy) is 1. The van der Waals surface area contributed by atoms with Gasteiger partial charge in [0.1, 0.15) is 5.60 Å².